The van der Waals surface area contributed by atoms with E-state index in [0.29, 0.717) is 18.1 Å². The van der Waals surface area contributed by atoms with E-state index in [2.05, 4.69) is 9.88 Å². The Morgan fingerprint density at radius 1 is 1.06 bits per heavy atom. The lowest BCUT2D eigenvalue weighted by atomic mass is 9.88. The summed E-state index contributed by atoms with van der Waals surface area (Å²) in [5.41, 5.74) is 4.25. The molecule has 1 fully saturated rings. The largest absolute Gasteiger partial charge is 0.508 e. The highest BCUT2D eigenvalue weighted by Crippen LogP contribution is 2.47. The Bertz CT molecular complexity index is 1190. The van der Waals surface area contributed by atoms with Crippen molar-refractivity contribution in [3.05, 3.63) is 77.6 Å². The monoisotopic (exact) mass is 462 g/mol. The van der Waals surface area contributed by atoms with Crippen molar-refractivity contribution in [2.24, 2.45) is 5.92 Å². The first-order chi connectivity index (χ1) is 16.5. The average Bonchev–Trinajstić information content (AvgIpc) is 2.82. The standard InChI is InChI=1S/C27H27FN2O4/c1-17-23-12-20(31)5-9-25(23)34-27(26(17)24-8-4-21(32)14-29-24)19-2-6-22(7-3-19)33-11-10-30-15-18(13-28)16-30/h2-9,12,14,18,27,31-32H,10-11,13,15-16H2,1H3. The second-order valence-corrected chi connectivity index (χ2v) is 8.82. The highest BCUT2D eigenvalue weighted by molar-refractivity contribution is 5.94. The van der Waals surface area contributed by atoms with Crippen molar-refractivity contribution in [2.45, 2.75) is 13.0 Å². The molecule has 176 valence electrons. The number of halogens is 1. The van der Waals surface area contributed by atoms with Crippen molar-refractivity contribution < 1.29 is 24.1 Å². The van der Waals surface area contributed by atoms with Gasteiger partial charge in [-0.2, -0.15) is 0 Å². The van der Waals surface area contributed by atoms with E-state index in [1.165, 1.54) is 6.20 Å². The quantitative estimate of drug-likeness (QED) is 0.524. The number of aromatic hydroxyl groups is 2. The zero-order valence-corrected chi connectivity index (χ0v) is 18.9. The second kappa shape index (κ2) is 9.35. The molecule has 2 aliphatic rings. The first kappa shape index (κ1) is 22.2. The maximum absolute atomic E-state index is 12.6. The van der Waals surface area contributed by atoms with Gasteiger partial charge >= 0.3 is 0 Å². The van der Waals surface area contributed by atoms with Crippen LogP contribution in [0.15, 0.2) is 60.8 Å². The number of rotatable bonds is 7. The molecule has 0 aliphatic carbocycles. The molecule has 0 saturated carbocycles. The molecule has 0 radical (unpaired) electrons. The molecule has 0 spiro atoms. The van der Waals surface area contributed by atoms with E-state index in [4.69, 9.17) is 9.47 Å². The number of phenols is 1. The van der Waals surface area contributed by atoms with Gasteiger partial charge in [0.1, 0.15) is 29.6 Å². The fourth-order valence-corrected chi connectivity index (χ4v) is 4.54. The molecule has 3 heterocycles. The third-order valence-electron chi connectivity index (χ3n) is 6.41. The van der Waals surface area contributed by atoms with Gasteiger partial charge in [0.05, 0.1) is 18.6 Å². The Labute approximate surface area is 197 Å². The van der Waals surface area contributed by atoms with Crippen LogP contribution < -0.4 is 9.47 Å². The summed E-state index contributed by atoms with van der Waals surface area (Å²) in [6.07, 6.45) is 0.997. The number of pyridine rings is 1. The van der Waals surface area contributed by atoms with Gasteiger partial charge in [0.15, 0.2) is 6.10 Å². The maximum Gasteiger partial charge on any atom is 0.151 e. The number of allylic oxidation sites excluding steroid dienone is 1. The van der Waals surface area contributed by atoms with Gasteiger partial charge in [0.2, 0.25) is 0 Å². The molecule has 0 bridgehead atoms. The van der Waals surface area contributed by atoms with E-state index >= 15 is 0 Å². The molecular weight excluding hydrogens is 435 g/mol. The van der Waals surface area contributed by atoms with Gasteiger partial charge in [0.25, 0.3) is 0 Å². The van der Waals surface area contributed by atoms with E-state index < -0.39 is 6.10 Å². The number of ether oxygens (including phenoxy) is 2. The molecule has 3 aromatic rings. The van der Waals surface area contributed by atoms with Crippen LogP contribution in [0.5, 0.6) is 23.0 Å². The number of hydrogen-bond acceptors (Lipinski definition) is 6. The highest BCUT2D eigenvalue weighted by atomic mass is 19.1. The molecule has 2 aromatic carbocycles. The van der Waals surface area contributed by atoms with Crippen LogP contribution in [-0.2, 0) is 0 Å². The number of benzene rings is 2. The van der Waals surface area contributed by atoms with E-state index in [9.17, 15) is 14.6 Å². The van der Waals surface area contributed by atoms with Crippen LogP contribution in [0.1, 0.15) is 29.8 Å². The molecule has 1 unspecified atom stereocenters. The SMILES string of the molecule is CC1=C(c2ccc(O)cn2)C(c2ccc(OCCN3CC(CF)C3)cc2)Oc2ccc(O)cc21. The molecule has 1 saturated heterocycles. The predicted octanol–water partition coefficient (Wildman–Crippen LogP) is 4.84. The van der Waals surface area contributed by atoms with Gasteiger partial charge < -0.3 is 19.7 Å². The van der Waals surface area contributed by atoms with Gasteiger partial charge in [-0.05, 0) is 60.5 Å². The molecule has 34 heavy (non-hydrogen) atoms. The minimum Gasteiger partial charge on any atom is -0.508 e. The summed E-state index contributed by atoms with van der Waals surface area (Å²) in [5.74, 6) is 1.88. The van der Waals surface area contributed by atoms with E-state index in [-0.39, 0.29) is 24.1 Å². The first-order valence-corrected chi connectivity index (χ1v) is 11.4. The Kier molecular flexibility index (Phi) is 6.11. The van der Waals surface area contributed by atoms with Crippen molar-refractivity contribution in [1.82, 2.24) is 9.88 Å². The van der Waals surface area contributed by atoms with Crippen LogP contribution in [0, 0.1) is 5.92 Å². The first-order valence-electron chi connectivity index (χ1n) is 11.4. The summed E-state index contributed by atoms with van der Waals surface area (Å²) in [7, 11) is 0. The number of fused-ring (bicyclic) bond motifs is 1. The van der Waals surface area contributed by atoms with Crippen LogP contribution in [0.4, 0.5) is 4.39 Å². The second-order valence-electron chi connectivity index (χ2n) is 8.82. The molecule has 5 rings (SSSR count). The smallest absolute Gasteiger partial charge is 0.151 e. The molecule has 1 aromatic heterocycles. The van der Waals surface area contributed by atoms with Crippen LogP contribution in [0.3, 0.4) is 0 Å². The van der Waals surface area contributed by atoms with Crippen molar-refractivity contribution in [2.75, 3.05) is 32.9 Å². The Hall–Kier alpha value is -3.58. The van der Waals surface area contributed by atoms with Crippen LogP contribution >= 0.6 is 0 Å². The zero-order valence-electron chi connectivity index (χ0n) is 18.9. The van der Waals surface area contributed by atoms with Gasteiger partial charge in [-0.1, -0.05) is 12.1 Å². The summed E-state index contributed by atoms with van der Waals surface area (Å²) in [6.45, 7) is 4.68. The molecule has 7 heteroatoms. The molecule has 6 nitrogen and oxygen atoms in total. The minimum absolute atomic E-state index is 0.0910. The van der Waals surface area contributed by atoms with Gasteiger partial charge in [0, 0.05) is 36.7 Å². The number of phenolic OH excluding ortho intramolecular Hbond substituents is 1. The molecular formula is C27H27FN2O4. The Balaban J connectivity index is 1.37. The van der Waals surface area contributed by atoms with Crippen LogP contribution in [0.2, 0.25) is 0 Å². The fourth-order valence-electron chi connectivity index (χ4n) is 4.54. The van der Waals surface area contributed by atoms with E-state index in [1.54, 1.807) is 30.3 Å². The molecule has 2 aliphatic heterocycles. The van der Waals surface area contributed by atoms with E-state index in [1.807, 2.05) is 31.2 Å². The number of nitrogens with zero attached hydrogens (tertiary/aromatic N) is 2. The summed E-state index contributed by atoms with van der Waals surface area (Å²) >= 11 is 0. The fraction of sp³-hybridized carbons (Fsp3) is 0.296. The predicted molar refractivity (Wildman–Crippen MR) is 128 cm³/mol. The summed E-state index contributed by atoms with van der Waals surface area (Å²) in [5, 5.41) is 19.7. The third-order valence-corrected chi connectivity index (χ3v) is 6.41. The van der Waals surface area contributed by atoms with Crippen molar-refractivity contribution in [3.8, 4) is 23.0 Å². The van der Waals surface area contributed by atoms with Gasteiger partial charge in [-0.3, -0.25) is 14.3 Å². The lowest BCUT2D eigenvalue weighted by Gasteiger charge is -2.37. The summed E-state index contributed by atoms with van der Waals surface area (Å²) in [4.78, 5) is 6.61. The number of hydrogen-bond donors (Lipinski definition) is 2. The maximum atomic E-state index is 12.6. The average molecular weight is 463 g/mol. The molecule has 0 amide bonds. The van der Waals surface area contributed by atoms with Crippen LogP contribution in [-0.4, -0.2) is 53.0 Å². The number of aromatic nitrogens is 1. The number of likely N-dealkylation sites (tertiary alicyclic amines) is 1. The van der Waals surface area contributed by atoms with Crippen molar-refractivity contribution in [1.29, 1.82) is 0 Å². The van der Waals surface area contributed by atoms with Crippen molar-refractivity contribution in [3.63, 3.8) is 0 Å². The third kappa shape index (κ3) is 4.43. The lowest BCUT2D eigenvalue weighted by molar-refractivity contribution is 0.0668. The van der Waals surface area contributed by atoms with Gasteiger partial charge in [-0.15, -0.1) is 0 Å². The topological polar surface area (TPSA) is 75.1 Å². The normalized spacial score (nSPS) is 18.2. The van der Waals surface area contributed by atoms with Gasteiger partial charge in [-0.25, -0.2) is 0 Å². The van der Waals surface area contributed by atoms with Crippen LogP contribution in [0.25, 0.3) is 11.1 Å². The highest BCUT2D eigenvalue weighted by Gasteiger charge is 2.30. The lowest BCUT2D eigenvalue weighted by Crippen LogP contribution is -2.49. The summed E-state index contributed by atoms with van der Waals surface area (Å²) < 4.78 is 24.8. The van der Waals surface area contributed by atoms with E-state index in [0.717, 1.165) is 47.7 Å². The Morgan fingerprint density at radius 3 is 2.53 bits per heavy atom. The minimum atomic E-state index is -0.415. The van der Waals surface area contributed by atoms with Crippen molar-refractivity contribution >= 4 is 11.1 Å². The molecule has 1 atom stereocenters. The Morgan fingerprint density at radius 2 is 1.82 bits per heavy atom. The molecule has 2 N–H and O–H groups in total. The summed E-state index contributed by atoms with van der Waals surface area (Å²) in [6, 6.07) is 16.2. The zero-order chi connectivity index (χ0) is 23.7. The number of alkyl halides is 1.